The van der Waals surface area contributed by atoms with Crippen LogP contribution in [0.3, 0.4) is 0 Å². The van der Waals surface area contributed by atoms with Crippen molar-refractivity contribution < 1.29 is 0 Å². The van der Waals surface area contributed by atoms with Gasteiger partial charge in [0.1, 0.15) is 0 Å². The smallest absolute Gasteiger partial charge is 0.0640 e. The molecular weight excluding hydrogens is 222 g/mol. The minimum Gasteiger partial charge on any atom is -0.314 e. The van der Waals surface area contributed by atoms with Crippen molar-refractivity contribution in [2.24, 2.45) is 0 Å². The number of hydrogen-bond donors (Lipinski definition) is 1. The van der Waals surface area contributed by atoms with E-state index in [9.17, 15) is 0 Å². The van der Waals surface area contributed by atoms with E-state index < -0.39 is 0 Å². The molecule has 0 bridgehead atoms. The number of aromatic nitrogens is 2. The number of nitrogens with one attached hydrogen (secondary N) is 1. The average Bonchev–Trinajstić information content (AvgIpc) is 2.84. The summed E-state index contributed by atoms with van der Waals surface area (Å²) in [7, 11) is 0. The highest BCUT2D eigenvalue weighted by Crippen LogP contribution is 2.15. The summed E-state index contributed by atoms with van der Waals surface area (Å²) in [5.41, 5.74) is 1.22. The van der Waals surface area contributed by atoms with Crippen molar-refractivity contribution in [2.45, 2.75) is 71.9 Å². The van der Waals surface area contributed by atoms with Crippen molar-refractivity contribution in [3.05, 3.63) is 18.0 Å². The van der Waals surface area contributed by atoms with Gasteiger partial charge in [-0.05, 0) is 38.3 Å². The molecule has 0 radical (unpaired) electrons. The number of nitrogens with zero attached hydrogens (tertiary/aromatic N) is 2. The summed E-state index contributed by atoms with van der Waals surface area (Å²) in [6.07, 6.45) is 7.85. The normalized spacial score (nSPS) is 13.2. The predicted octanol–water partition coefficient (Wildman–Crippen LogP) is 3.56. The second kappa shape index (κ2) is 8.30. The highest BCUT2D eigenvalue weighted by Gasteiger charge is 2.11. The molecule has 0 aromatic carbocycles. The van der Waals surface area contributed by atoms with Gasteiger partial charge in [-0.15, -0.1) is 0 Å². The molecule has 0 aliphatic carbocycles. The molecule has 1 rings (SSSR count). The van der Waals surface area contributed by atoms with Gasteiger partial charge in [-0.25, -0.2) is 0 Å². The monoisotopic (exact) mass is 251 g/mol. The lowest BCUT2D eigenvalue weighted by molar-refractivity contribution is 0.420. The summed E-state index contributed by atoms with van der Waals surface area (Å²) in [6, 6.07) is 3.30. The zero-order valence-electron chi connectivity index (χ0n) is 12.4. The third-order valence-electron chi connectivity index (χ3n) is 3.61. The molecule has 1 unspecified atom stereocenters. The van der Waals surface area contributed by atoms with E-state index in [0.717, 1.165) is 32.2 Å². The minimum absolute atomic E-state index is 0.558. The van der Waals surface area contributed by atoms with Crippen LogP contribution in [-0.2, 0) is 6.42 Å². The number of rotatable bonds is 9. The van der Waals surface area contributed by atoms with E-state index in [1.54, 1.807) is 0 Å². The van der Waals surface area contributed by atoms with Crippen LogP contribution >= 0.6 is 0 Å². The molecule has 0 aliphatic rings. The van der Waals surface area contributed by atoms with E-state index in [1.165, 1.54) is 12.1 Å². The summed E-state index contributed by atoms with van der Waals surface area (Å²) < 4.78 is 2.14. The molecule has 1 aromatic heterocycles. The highest BCUT2D eigenvalue weighted by atomic mass is 15.3. The SMILES string of the molecule is CCCNC(CC)Cc1ccn(C(CC)CC)n1. The summed E-state index contributed by atoms with van der Waals surface area (Å²) in [5, 5.41) is 8.31. The fourth-order valence-electron chi connectivity index (χ4n) is 2.31. The van der Waals surface area contributed by atoms with E-state index in [-0.39, 0.29) is 0 Å². The third kappa shape index (κ3) is 4.45. The summed E-state index contributed by atoms with van der Waals surface area (Å²) in [6.45, 7) is 10.0. The van der Waals surface area contributed by atoms with Gasteiger partial charge >= 0.3 is 0 Å². The maximum Gasteiger partial charge on any atom is 0.0640 e. The molecule has 3 nitrogen and oxygen atoms in total. The summed E-state index contributed by atoms with van der Waals surface area (Å²) in [4.78, 5) is 0. The first-order valence-electron chi connectivity index (χ1n) is 7.52. The van der Waals surface area contributed by atoms with E-state index in [1.807, 2.05) is 0 Å². The van der Waals surface area contributed by atoms with Crippen LogP contribution < -0.4 is 5.32 Å². The Balaban J connectivity index is 2.56. The molecule has 1 heterocycles. The molecule has 18 heavy (non-hydrogen) atoms. The highest BCUT2D eigenvalue weighted by molar-refractivity contribution is 5.02. The maximum absolute atomic E-state index is 4.72. The van der Waals surface area contributed by atoms with E-state index in [0.29, 0.717) is 12.1 Å². The van der Waals surface area contributed by atoms with E-state index in [4.69, 9.17) is 5.10 Å². The molecule has 104 valence electrons. The Kier molecular flexibility index (Phi) is 7.02. The first-order valence-corrected chi connectivity index (χ1v) is 7.52. The van der Waals surface area contributed by atoms with Crippen molar-refractivity contribution in [3.8, 4) is 0 Å². The topological polar surface area (TPSA) is 29.9 Å². The fourth-order valence-corrected chi connectivity index (χ4v) is 2.31. The van der Waals surface area contributed by atoms with Gasteiger partial charge in [0.05, 0.1) is 11.7 Å². The lowest BCUT2D eigenvalue weighted by Gasteiger charge is -2.15. The van der Waals surface area contributed by atoms with Crippen LogP contribution in [0.4, 0.5) is 0 Å². The minimum atomic E-state index is 0.558. The molecule has 1 atom stereocenters. The van der Waals surface area contributed by atoms with E-state index >= 15 is 0 Å². The Labute approximate surface area is 112 Å². The fraction of sp³-hybridized carbons (Fsp3) is 0.800. The van der Waals surface area contributed by atoms with Gasteiger partial charge in [0.25, 0.3) is 0 Å². The zero-order valence-corrected chi connectivity index (χ0v) is 12.4. The van der Waals surface area contributed by atoms with Gasteiger partial charge in [0.2, 0.25) is 0 Å². The van der Waals surface area contributed by atoms with Crippen molar-refractivity contribution in [1.82, 2.24) is 15.1 Å². The zero-order chi connectivity index (χ0) is 13.4. The molecule has 1 N–H and O–H groups in total. The van der Waals surface area contributed by atoms with Crippen LogP contribution in [0.1, 0.15) is 65.1 Å². The van der Waals surface area contributed by atoms with Crippen molar-refractivity contribution in [1.29, 1.82) is 0 Å². The predicted molar refractivity (Wildman–Crippen MR) is 77.9 cm³/mol. The summed E-state index contributed by atoms with van der Waals surface area (Å²) >= 11 is 0. The van der Waals surface area contributed by atoms with E-state index in [2.05, 4.69) is 50.0 Å². The Morgan fingerprint density at radius 3 is 2.44 bits per heavy atom. The Bertz CT molecular complexity index is 315. The molecule has 0 amide bonds. The van der Waals surface area contributed by atoms with Crippen molar-refractivity contribution in [3.63, 3.8) is 0 Å². The van der Waals surface area contributed by atoms with Crippen LogP contribution in [0.25, 0.3) is 0 Å². The molecular formula is C15H29N3. The van der Waals surface area contributed by atoms with Gasteiger partial charge in [-0.1, -0.05) is 27.7 Å². The molecule has 0 spiro atoms. The molecule has 0 aliphatic heterocycles. The van der Waals surface area contributed by atoms with Crippen LogP contribution in [0, 0.1) is 0 Å². The lowest BCUT2D eigenvalue weighted by Crippen LogP contribution is -2.31. The molecule has 1 aromatic rings. The molecule has 3 heteroatoms. The summed E-state index contributed by atoms with van der Waals surface area (Å²) in [5.74, 6) is 0. The van der Waals surface area contributed by atoms with Gasteiger partial charge in [-0.2, -0.15) is 5.10 Å². The largest absolute Gasteiger partial charge is 0.314 e. The second-order valence-corrected chi connectivity index (χ2v) is 5.02. The third-order valence-corrected chi connectivity index (χ3v) is 3.61. The Hall–Kier alpha value is -0.830. The average molecular weight is 251 g/mol. The Morgan fingerprint density at radius 1 is 1.17 bits per heavy atom. The first kappa shape index (κ1) is 15.2. The van der Waals surface area contributed by atoms with Crippen molar-refractivity contribution >= 4 is 0 Å². The van der Waals surface area contributed by atoms with Crippen LogP contribution in [0.15, 0.2) is 12.3 Å². The van der Waals surface area contributed by atoms with Crippen LogP contribution in [0.5, 0.6) is 0 Å². The quantitative estimate of drug-likeness (QED) is 0.727. The van der Waals surface area contributed by atoms with Gasteiger partial charge in [0, 0.05) is 18.7 Å². The van der Waals surface area contributed by atoms with Gasteiger partial charge in [0.15, 0.2) is 0 Å². The van der Waals surface area contributed by atoms with Gasteiger partial charge < -0.3 is 5.32 Å². The number of hydrogen-bond acceptors (Lipinski definition) is 2. The second-order valence-electron chi connectivity index (χ2n) is 5.02. The molecule has 0 saturated carbocycles. The Morgan fingerprint density at radius 2 is 1.89 bits per heavy atom. The van der Waals surface area contributed by atoms with Gasteiger partial charge in [-0.3, -0.25) is 4.68 Å². The molecule has 0 fully saturated rings. The lowest BCUT2D eigenvalue weighted by atomic mass is 10.1. The van der Waals surface area contributed by atoms with Crippen molar-refractivity contribution in [2.75, 3.05) is 6.54 Å². The van der Waals surface area contributed by atoms with Crippen LogP contribution in [-0.4, -0.2) is 22.4 Å². The first-order chi connectivity index (χ1) is 8.74. The van der Waals surface area contributed by atoms with Crippen LogP contribution in [0.2, 0.25) is 0 Å². The maximum atomic E-state index is 4.72. The molecule has 0 saturated heterocycles. The standard InChI is InChI=1S/C15H29N3/c1-5-10-16-13(6-2)12-14-9-11-18(17-14)15(7-3)8-4/h9,11,13,15-16H,5-8,10,12H2,1-4H3.